The number of benzene rings is 1. The molecule has 1 aromatic carbocycles. The fourth-order valence-electron chi connectivity index (χ4n) is 1.25. The standard InChI is InChI=1S/C10H9F2NO/c11-5-9-6-13-10(14-9)7-1-3-8(12)4-2-7/h1-4,9H,5-6H2. The Kier molecular flexibility index (Phi) is 2.43. The number of aliphatic imine (C=N–C) groups is 1. The molecular weight excluding hydrogens is 188 g/mol. The third-order valence-electron chi connectivity index (χ3n) is 1.98. The molecule has 1 heterocycles. The fourth-order valence-corrected chi connectivity index (χ4v) is 1.25. The Morgan fingerprint density at radius 2 is 2.07 bits per heavy atom. The third-order valence-corrected chi connectivity index (χ3v) is 1.98. The van der Waals surface area contributed by atoms with Crippen molar-refractivity contribution in [1.82, 2.24) is 0 Å². The van der Waals surface area contributed by atoms with E-state index in [0.29, 0.717) is 18.0 Å². The van der Waals surface area contributed by atoms with Crippen molar-refractivity contribution in [3.63, 3.8) is 0 Å². The van der Waals surface area contributed by atoms with E-state index < -0.39 is 12.8 Å². The van der Waals surface area contributed by atoms with E-state index in [0.717, 1.165) is 0 Å². The maximum absolute atomic E-state index is 12.6. The lowest BCUT2D eigenvalue weighted by molar-refractivity contribution is 0.183. The van der Waals surface area contributed by atoms with Crippen LogP contribution < -0.4 is 0 Å². The van der Waals surface area contributed by atoms with Gasteiger partial charge in [0, 0.05) is 5.56 Å². The van der Waals surface area contributed by atoms with Crippen molar-refractivity contribution < 1.29 is 13.5 Å². The highest BCUT2D eigenvalue weighted by Gasteiger charge is 2.20. The second kappa shape index (κ2) is 3.74. The van der Waals surface area contributed by atoms with Gasteiger partial charge in [-0.05, 0) is 24.3 Å². The van der Waals surface area contributed by atoms with Gasteiger partial charge >= 0.3 is 0 Å². The predicted molar refractivity (Wildman–Crippen MR) is 48.7 cm³/mol. The molecule has 74 valence electrons. The van der Waals surface area contributed by atoms with E-state index >= 15 is 0 Å². The minimum atomic E-state index is -0.547. The van der Waals surface area contributed by atoms with E-state index in [9.17, 15) is 8.78 Å². The van der Waals surface area contributed by atoms with Crippen LogP contribution in [0.4, 0.5) is 8.78 Å². The summed E-state index contributed by atoms with van der Waals surface area (Å²) in [5, 5.41) is 0. The lowest BCUT2D eigenvalue weighted by Crippen LogP contribution is -2.15. The SMILES string of the molecule is FCC1CN=C(c2ccc(F)cc2)O1. The van der Waals surface area contributed by atoms with Crippen molar-refractivity contribution in [2.45, 2.75) is 6.10 Å². The first-order valence-corrected chi connectivity index (χ1v) is 4.32. The first-order chi connectivity index (χ1) is 6.79. The zero-order valence-corrected chi connectivity index (χ0v) is 7.41. The fraction of sp³-hybridized carbons (Fsp3) is 0.300. The van der Waals surface area contributed by atoms with E-state index in [-0.39, 0.29) is 5.82 Å². The van der Waals surface area contributed by atoms with Gasteiger partial charge in [0.05, 0.1) is 6.54 Å². The lowest BCUT2D eigenvalue weighted by atomic mass is 10.2. The molecule has 0 saturated heterocycles. The highest BCUT2D eigenvalue weighted by molar-refractivity contribution is 5.95. The van der Waals surface area contributed by atoms with Crippen molar-refractivity contribution >= 4 is 5.90 Å². The Morgan fingerprint density at radius 3 is 2.64 bits per heavy atom. The zero-order chi connectivity index (χ0) is 9.97. The number of alkyl halides is 1. The summed E-state index contributed by atoms with van der Waals surface area (Å²) >= 11 is 0. The number of ether oxygens (including phenoxy) is 1. The summed E-state index contributed by atoms with van der Waals surface area (Å²) in [5.74, 6) is 0.0852. The minimum Gasteiger partial charge on any atom is -0.469 e. The van der Waals surface area contributed by atoms with Crippen molar-refractivity contribution in [2.75, 3.05) is 13.2 Å². The van der Waals surface area contributed by atoms with Gasteiger partial charge < -0.3 is 4.74 Å². The number of rotatable bonds is 2. The van der Waals surface area contributed by atoms with Crippen molar-refractivity contribution in [3.05, 3.63) is 35.6 Å². The zero-order valence-electron chi connectivity index (χ0n) is 7.41. The number of hydrogen-bond acceptors (Lipinski definition) is 2. The molecular formula is C10H9F2NO. The Bertz CT molecular complexity index is 348. The topological polar surface area (TPSA) is 21.6 Å². The van der Waals surface area contributed by atoms with Crippen LogP contribution in [-0.4, -0.2) is 25.2 Å². The van der Waals surface area contributed by atoms with E-state index in [2.05, 4.69) is 4.99 Å². The first-order valence-electron chi connectivity index (χ1n) is 4.32. The van der Waals surface area contributed by atoms with Crippen LogP contribution in [-0.2, 0) is 4.74 Å². The number of nitrogens with zero attached hydrogens (tertiary/aromatic N) is 1. The highest BCUT2D eigenvalue weighted by atomic mass is 19.1. The van der Waals surface area contributed by atoms with Crippen LogP contribution in [0.2, 0.25) is 0 Å². The van der Waals surface area contributed by atoms with Gasteiger partial charge in [0.1, 0.15) is 18.6 Å². The molecule has 0 saturated carbocycles. The molecule has 0 fully saturated rings. The average molecular weight is 197 g/mol. The average Bonchev–Trinajstić information content (AvgIpc) is 2.67. The molecule has 1 unspecified atom stereocenters. The Hall–Kier alpha value is -1.45. The van der Waals surface area contributed by atoms with Gasteiger partial charge in [-0.3, -0.25) is 0 Å². The molecule has 1 aromatic rings. The molecule has 4 heteroatoms. The maximum Gasteiger partial charge on any atom is 0.216 e. The van der Waals surface area contributed by atoms with Gasteiger partial charge in [-0.2, -0.15) is 0 Å². The molecule has 0 aromatic heterocycles. The van der Waals surface area contributed by atoms with Crippen molar-refractivity contribution in [3.8, 4) is 0 Å². The van der Waals surface area contributed by atoms with E-state index in [4.69, 9.17) is 4.74 Å². The predicted octanol–water partition coefficient (Wildman–Crippen LogP) is 1.94. The van der Waals surface area contributed by atoms with Crippen LogP contribution >= 0.6 is 0 Å². The summed E-state index contributed by atoms with van der Waals surface area (Å²) < 4.78 is 30.0. The summed E-state index contributed by atoms with van der Waals surface area (Å²) in [7, 11) is 0. The molecule has 0 amide bonds. The maximum atomic E-state index is 12.6. The summed E-state index contributed by atoms with van der Waals surface area (Å²) in [5.41, 5.74) is 0.683. The van der Waals surface area contributed by atoms with Crippen molar-refractivity contribution in [1.29, 1.82) is 0 Å². The highest BCUT2D eigenvalue weighted by Crippen LogP contribution is 2.13. The first kappa shape index (κ1) is 9.12. The molecule has 0 spiro atoms. The van der Waals surface area contributed by atoms with Crippen LogP contribution in [0, 0.1) is 5.82 Å². The molecule has 2 nitrogen and oxygen atoms in total. The van der Waals surface area contributed by atoms with Gasteiger partial charge in [0.15, 0.2) is 0 Å². The van der Waals surface area contributed by atoms with Crippen LogP contribution in [0.15, 0.2) is 29.3 Å². The van der Waals surface area contributed by atoms with E-state index in [1.165, 1.54) is 12.1 Å². The molecule has 2 rings (SSSR count). The summed E-state index contributed by atoms with van der Waals surface area (Å²) in [6.45, 7) is -0.211. The normalized spacial score (nSPS) is 20.4. The molecule has 0 N–H and O–H groups in total. The number of hydrogen-bond donors (Lipinski definition) is 0. The quantitative estimate of drug-likeness (QED) is 0.710. The van der Waals surface area contributed by atoms with Gasteiger partial charge in [0.2, 0.25) is 5.90 Å². The second-order valence-electron chi connectivity index (χ2n) is 3.05. The molecule has 1 aliphatic heterocycles. The van der Waals surface area contributed by atoms with Crippen LogP contribution in [0.5, 0.6) is 0 Å². The van der Waals surface area contributed by atoms with E-state index in [1.54, 1.807) is 12.1 Å². The van der Waals surface area contributed by atoms with Gasteiger partial charge in [0.25, 0.3) is 0 Å². The molecule has 1 aliphatic rings. The Morgan fingerprint density at radius 1 is 1.36 bits per heavy atom. The van der Waals surface area contributed by atoms with E-state index in [1.807, 2.05) is 0 Å². The summed E-state index contributed by atoms with van der Waals surface area (Å²) in [4.78, 5) is 4.02. The molecule has 14 heavy (non-hydrogen) atoms. The Labute approximate surface area is 80.2 Å². The van der Waals surface area contributed by atoms with Crippen LogP contribution in [0.1, 0.15) is 5.56 Å². The summed E-state index contributed by atoms with van der Waals surface area (Å²) in [6.07, 6.45) is -0.477. The van der Waals surface area contributed by atoms with Crippen molar-refractivity contribution in [2.24, 2.45) is 4.99 Å². The second-order valence-corrected chi connectivity index (χ2v) is 3.05. The van der Waals surface area contributed by atoms with Gasteiger partial charge in [-0.1, -0.05) is 0 Å². The van der Waals surface area contributed by atoms with Gasteiger partial charge in [-0.15, -0.1) is 0 Å². The van der Waals surface area contributed by atoms with Crippen LogP contribution in [0.3, 0.4) is 0 Å². The summed E-state index contributed by atoms with van der Waals surface area (Å²) in [6, 6.07) is 5.78. The molecule has 0 aliphatic carbocycles. The number of halogens is 2. The largest absolute Gasteiger partial charge is 0.469 e. The Balaban J connectivity index is 2.13. The van der Waals surface area contributed by atoms with Gasteiger partial charge in [-0.25, -0.2) is 13.8 Å². The minimum absolute atomic E-state index is 0.311. The molecule has 0 radical (unpaired) electrons. The molecule has 1 atom stereocenters. The molecule has 0 bridgehead atoms. The van der Waals surface area contributed by atoms with Crippen LogP contribution in [0.25, 0.3) is 0 Å². The monoisotopic (exact) mass is 197 g/mol. The smallest absolute Gasteiger partial charge is 0.216 e. The lowest BCUT2D eigenvalue weighted by Gasteiger charge is -2.06. The third kappa shape index (κ3) is 1.73.